The van der Waals surface area contributed by atoms with E-state index in [1.165, 1.54) is 5.56 Å². The van der Waals surface area contributed by atoms with Gasteiger partial charge in [0.05, 0.1) is 16.7 Å². The first-order valence-electron chi connectivity index (χ1n) is 4.66. The summed E-state index contributed by atoms with van der Waals surface area (Å²) < 4.78 is 6.40. The molecule has 14 heavy (non-hydrogen) atoms. The lowest BCUT2D eigenvalue weighted by Crippen LogP contribution is -2.15. The van der Waals surface area contributed by atoms with Crippen LogP contribution < -0.4 is 4.74 Å². The first-order chi connectivity index (χ1) is 6.48. The van der Waals surface area contributed by atoms with Gasteiger partial charge in [0.15, 0.2) is 0 Å². The van der Waals surface area contributed by atoms with Crippen LogP contribution in [0.5, 0.6) is 5.75 Å². The molecule has 1 aliphatic rings. The van der Waals surface area contributed by atoms with Crippen LogP contribution in [0.15, 0.2) is 16.6 Å². The Kier molecular flexibility index (Phi) is 2.32. The van der Waals surface area contributed by atoms with Crippen LogP contribution in [0.25, 0.3) is 0 Å². The van der Waals surface area contributed by atoms with E-state index in [0.29, 0.717) is 0 Å². The first kappa shape index (κ1) is 9.99. The largest absolute Gasteiger partial charge is 0.492 e. The molecule has 0 bridgehead atoms. The van der Waals surface area contributed by atoms with E-state index in [-0.39, 0.29) is 0 Å². The highest BCUT2D eigenvalue weighted by atomic mass is 79.9. The summed E-state index contributed by atoms with van der Waals surface area (Å²) in [6.45, 7) is 4.32. The molecule has 3 heteroatoms. The molecule has 76 valence electrons. The van der Waals surface area contributed by atoms with Gasteiger partial charge in [-0.05, 0) is 53.0 Å². The second-order valence-electron chi connectivity index (χ2n) is 4.10. The number of hydrogen-bond acceptors (Lipinski definition) is 2. The predicted molar refractivity (Wildman–Crippen MR) is 58.6 cm³/mol. The maximum Gasteiger partial charge on any atom is 0.136 e. The monoisotopic (exact) mass is 256 g/mol. The van der Waals surface area contributed by atoms with Gasteiger partial charge >= 0.3 is 0 Å². The van der Waals surface area contributed by atoms with E-state index < -0.39 is 5.60 Å². The Balaban J connectivity index is 2.52. The van der Waals surface area contributed by atoms with E-state index in [1.54, 1.807) is 13.8 Å². The van der Waals surface area contributed by atoms with Crippen LogP contribution in [0.3, 0.4) is 0 Å². The third-order valence-electron chi connectivity index (χ3n) is 2.44. The molecule has 0 saturated carbocycles. The van der Waals surface area contributed by atoms with Crippen molar-refractivity contribution in [3.05, 3.63) is 27.7 Å². The van der Waals surface area contributed by atoms with Crippen LogP contribution >= 0.6 is 15.9 Å². The summed E-state index contributed by atoms with van der Waals surface area (Å²) in [7, 11) is 0. The van der Waals surface area contributed by atoms with Gasteiger partial charge in [-0.3, -0.25) is 0 Å². The lowest BCUT2D eigenvalue weighted by molar-refractivity contribution is 0.0784. The van der Waals surface area contributed by atoms with E-state index in [4.69, 9.17) is 4.74 Å². The number of ether oxygens (including phenoxy) is 1. The molecule has 0 radical (unpaired) electrons. The smallest absolute Gasteiger partial charge is 0.136 e. The summed E-state index contributed by atoms with van der Waals surface area (Å²) >= 11 is 3.45. The zero-order chi connectivity index (χ0) is 10.3. The number of halogens is 1. The molecule has 0 aromatic heterocycles. The molecule has 0 saturated heterocycles. The third-order valence-corrected chi connectivity index (χ3v) is 3.03. The summed E-state index contributed by atoms with van der Waals surface area (Å²) in [5, 5.41) is 9.88. The number of benzene rings is 1. The first-order valence-corrected chi connectivity index (χ1v) is 5.46. The average Bonchev–Trinajstić information content (AvgIpc) is 2.50. The minimum absolute atomic E-state index is 0.739. The molecule has 1 heterocycles. The molecule has 0 spiro atoms. The number of hydrogen-bond donors (Lipinski definition) is 1. The Labute approximate surface area is 92.0 Å². The lowest BCUT2D eigenvalue weighted by Gasteiger charge is -2.19. The molecular formula is C11H13BrO2. The van der Waals surface area contributed by atoms with Crippen molar-refractivity contribution in [1.29, 1.82) is 0 Å². The molecule has 0 atom stereocenters. The van der Waals surface area contributed by atoms with Crippen LogP contribution in [0.4, 0.5) is 0 Å². The van der Waals surface area contributed by atoms with Crippen LogP contribution in [0, 0.1) is 0 Å². The molecule has 1 aromatic carbocycles. The molecule has 1 aromatic rings. The number of rotatable bonds is 1. The summed E-state index contributed by atoms with van der Waals surface area (Å²) in [4.78, 5) is 0. The van der Waals surface area contributed by atoms with Gasteiger partial charge in [0.2, 0.25) is 0 Å². The minimum atomic E-state index is -0.792. The summed E-state index contributed by atoms with van der Waals surface area (Å²) in [5.41, 5.74) is 1.31. The third kappa shape index (κ3) is 1.66. The maximum absolute atomic E-state index is 9.88. The summed E-state index contributed by atoms with van der Waals surface area (Å²) in [5.74, 6) is 0.929. The van der Waals surface area contributed by atoms with Crippen LogP contribution in [0.1, 0.15) is 25.0 Å². The number of fused-ring (bicyclic) bond motifs is 1. The summed E-state index contributed by atoms with van der Waals surface area (Å²) in [6, 6.07) is 3.94. The second-order valence-corrected chi connectivity index (χ2v) is 4.96. The van der Waals surface area contributed by atoms with Gasteiger partial charge < -0.3 is 9.84 Å². The van der Waals surface area contributed by atoms with E-state index in [2.05, 4.69) is 15.9 Å². The highest BCUT2D eigenvalue weighted by molar-refractivity contribution is 9.10. The lowest BCUT2D eigenvalue weighted by atomic mass is 9.96. The molecule has 0 amide bonds. The van der Waals surface area contributed by atoms with Crippen molar-refractivity contribution in [2.24, 2.45) is 0 Å². The van der Waals surface area contributed by atoms with Crippen molar-refractivity contribution in [3.8, 4) is 5.75 Å². The quantitative estimate of drug-likeness (QED) is 0.837. The molecule has 1 aliphatic heterocycles. The van der Waals surface area contributed by atoms with Crippen LogP contribution in [-0.2, 0) is 12.0 Å². The Bertz CT molecular complexity index is 366. The van der Waals surface area contributed by atoms with Crippen molar-refractivity contribution in [2.45, 2.75) is 25.9 Å². The molecule has 2 nitrogen and oxygen atoms in total. The van der Waals surface area contributed by atoms with Gasteiger partial charge in [0.1, 0.15) is 5.75 Å². The van der Waals surface area contributed by atoms with E-state index in [0.717, 1.165) is 28.8 Å². The van der Waals surface area contributed by atoms with Crippen molar-refractivity contribution in [3.63, 3.8) is 0 Å². The van der Waals surface area contributed by atoms with Gasteiger partial charge in [0.25, 0.3) is 0 Å². The highest BCUT2D eigenvalue weighted by Crippen LogP contribution is 2.37. The Hall–Kier alpha value is -0.540. The van der Waals surface area contributed by atoms with E-state index >= 15 is 0 Å². The van der Waals surface area contributed by atoms with Crippen molar-refractivity contribution < 1.29 is 9.84 Å². The SMILES string of the molecule is CC(C)(O)c1cc(Br)c2c(c1)CCO2. The molecule has 1 N–H and O–H groups in total. The van der Waals surface area contributed by atoms with Gasteiger partial charge in [-0.2, -0.15) is 0 Å². The Morgan fingerprint density at radius 2 is 2.14 bits per heavy atom. The normalized spacial score (nSPS) is 15.1. The Morgan fingerprint density at radius 3 is 2.79 bits per heavy atom. The maximum atomic E-state index is 9.88. The fourth-order valence-electron chi connectivity index (χ4n) is 1.61. The highest BCUT2D eigenvalue weighted by Gasteiger charge is 2.22. The van der Waals surface area contributed by atoms with Crippen molar-refractivity contribution in [2.75, 3.05) is 6.61 Å². The minimum Gasteiger partial charge on any atom is -0.492 e. The molecule has 0 unspecified atom stereocenters. The molecule has 0 aliphatic carbocycles. The van der Waals surface area contributed by atoms with Gasteiger partial charge in [-0.1, -0.05) is 0 Å². The van der Waals surface area contributed by atoms with Crippen LogP contribution in [-0.4, -0.2) is 11.7 Å². The Morgan fingerprint density at radius 1 is 1.43 bits per heavy atom. The van der Waals surface area contributed by atoms with E-state index in [1.807, 2.05) is 12.1 Å². The zero-order valence-electron chi connectivity index (χ0n) is 8.30. The van der Waals surface area contributed by atoms with Crippen molar-refractivity contribution >= 4 is 15.9 Å². The average molecular weight is 257 g/mol. The predicted octanol–water partition coefficient (Wildman–Crippen LogP) is 2.61. The van der Waals surface area contributed by atoms with Gasteiger partial charge in [-0.25, -0.2) is 0 Å². The molecule has 0 fully saturated rings. The topological polar surface area (TPSA) is 29.5 Å². The molecular weight excluding hydrogens is 244 g/mol. The second kappa shape index (κ2) is 3.24. The van der Waals surface area contributed by atoms with Crippen molar-refractivity contribution in [1.82, 2.24) is 0 Å². The van der Waals surface area contributed by atoms with E-state index in [9.17, 15) is 5.11 Å². The fraction of sp³-hybridized carbons (Fsp3) is 0.455. The zero-order valence-corrected chi connectivity index (χ0v) is 9.89. The standard InChI is InChI=1S/C11H13BrO2/c1-11(2,13)8-5-7-3-4-14-10(7)9(12)6-8/h5-6,13H,3-4H2,1-2H3. The fourth-order valence-corrected chi connectivity index (χ4v) is 2.23. The number of aliphatic hydroxyl groups is 1. The molecule has 2 rings (SSSR count). The van der Waals surface area contributed by atoms with Gasteiger partial charge in [0, 0.05) is 6.42 Å². The summed E-state index contributed by atoms with van der Waals surface area (Å²) in [6.07, 6.45) is 0.928. The van der Waals surface area contributed by atoms with Gasteiger partial charge in [-0.15, -0.1) is 0 Å². The van der Waals surface area contributed by atoms with Crippen LogP contribution in [0.2, 0.25) is 0 Å².